The Labute approximate surface area is 152 Å². The molecule has 0 unspecified atom stereocenters. The van der Waals surface area contributed by atoms with Gasteiger partial charge in [0.25, 0.3) is 5.91 Å². The second-order valence-corrected chi connectivity index (χ2v) is 5.99. The van der Waals surface area contributed by atoms with E-state index in [-0.39, 0.29) is 5.91 Å². The van der Waals surface area contributed by atoms with Gasteiger partial charge in [0, 0.05) is 18.2 Å². The Hall–Kier alpha value is -3.02. The maximum atomic E-state index is 12.2. The van der Waals surface area contributed by atoms with Gasteiger partial charge in [-0.05, 0) is 43.7 Å². The molecular formula is C20H23N3O3. The maximum Gasteiger partial charge on any atom is 0.251 e. The van der Waals surface area contributed by atoms with Gasteiger partial charge in [0.05, 0.1) is 30.9 Å². The first-order chi connectivity index (χ1) is 12.6. The molecule has 0 saturated carbocycles. The lowest BCUT2D eigenvalue weighted by atomic mass is 10.1. The first-order valence-corrected chi connectivity index (χ1v) is 8.58. The van der Waals surface area contributed by atoms with Gasteiger partial charge in [0.15, 0.2) is 0 Å². The number of imidazole rings is 1. The van der Waals surface area contributed by atoms with Gasteiger partial charge in [-0.25, -0.2) is 4.98 Å². The van der Waals surface area contributed by atoms with E-state index < -0.39 is 0 Å². The molecule has 0 aliphatic heterocycles. The monoisotopic (exact) mass is 353 g/mol. The van der Waals surface area contributed by atoms with E-state index in [1.807, 2.05) is 54.8 Å². The van der Waals surface area contributed by atoms with Crippen molar-refractivity contribution in [1.29, 1.82) is 0 Å². The summed E-state index contributed by atoms with van der Waals surface area (Å²) in [5.74, 6) is 2.17. The summed E-state index contributed by atoms with van der Waals surface area (Å²) in [7, 11) is 3.27. The Morgan fingerprint density at radius 1 is 1.15 bits per heavy atom. The van der Waals surface area contributed by atoms with Crippen LogP contribution in [0.1, 0.15) is 29.5 Å². The van der Waals surface area contributed by atoms with Crippen LogP contribution in [0.5, 0.6) is 11.5 Å². The van der Waals surface area contributed by atoms with Crippen LogP contribution >= 0.6 is 0 Å². The molecule has 0 fully saturated rings. The molecule has 1 amide bonds. The highest BCUT2D eigenvalue weighted by Crippen LogP contribution is 2.31. The van der Waals surface area contributed by atoms with Crippen LogP contribution in [0.25, 0.3) is 16.7 Å². The average Bonchev–Trinajstić information content (AvgIpc) is 3.00. The SMILES string of the molecule is CCCNC(=O)c1ccc2c(c1)nc(C)n2-c1cc(OC)ccc1OC. The number of carbonyl (C=O) groups excluding carboxylic acids is 1. The van der Waals surface area contributed by atoms with Gasteiger partial charge in [-0.3, -0.25) is 9.36 Å². The number of benzene rings is 2. The predicted octanol–water partition coefficient (Wildman–Crippen LogP) is 3.49. The molecule has 0 aliphatic carbocycles. The summed E-state index contributed by atoms with van der Waals surface area (Å²) in [4.78, 5) is 16.8. The molecule has 6 nitrogen and oxygen atoms in total. The van der Waals surface area contributed by atoms with Gasteiger partial charge < -0.3 is 14.8 Å². The lowest BCUT2D eigenvalue weighted by Crippen LogP contribution is -2.23. The van der Waals surface area contributed by atoms with Gasteiger partial charge in [-0.1, -0.05) is 6.92 Å². The minimum absolute atomic E-state index is 0.0834. The van der Waals surface area contributed by atoms with Crippen LogP contribution in [0, 0.1) is 6.92 Å². The summed E-state index contributed by atoms with van der Waals surface area (Å²) in [6.07, 6.45) is 0.900. The van der Waals surface area contributed by atoms with Crippen LogP contribution in [-0.4, -0.2) is 36.2 Å². The number of aromatic nitrogens is 2. The maximum absolute atomic E-state index is 12.2. The number of carbonyl (C=O) groups is 1. The van der Waals surface area contributed by atoms with Crippen LogP contribution < -0.4 is 14.8 Å². The van der Waals surface area contributed by atoms with Crippen LogP contribution in [0.15, 0.2) is 36.4 Å². The number of hydrogen-bond donors (Lipinski definition) is 1. The number of methoxy groups -OCH3 is 2. The molecule has 1 heterocycles. The molecule has 2 aromatic carbocycles. The number of nitrogens with one attached hydrogen (secondary N) is 1. The quantitative estimate of drug-likeness (QED) is 0.737. The van der Waals surface area contributed by atoms with Crippen molar-refractivity contribution in [3.8, 4) is 17.2 Å². The lowest BCUT2D eigenvalue weighted by molar-refractivity contribution is 0.0954. The van der Waals surface area contributed by atoms with E-state index in [4.69, 9.17) is 9.47 Å². The number of aryl methyl sites for hydroxylation is 1. The lowest BCUT2D eigenvalue weighted by Gasteiger charge is -2.13. The minimum atomic E-state index is -0.0834. The van der Waals surface area contributed by atoms with E-state index in [1.165, 1.54) is 0 Å². The summed E-state index contributed by atoms with van der Waals surface area (Å²) in [5, 5.41) is 2.89. The summed E-state index contributed by atoms with van der Waals surface area (Å²) in [5.41, 5.74) is 3.11. The molecule has 1 N–H and O–H groups in total. The third-order valence-corrected chi connectivity index (χ3v) is 4.25. The third-order valence-electron chi connectivity index (χ3n) is 4.25. The number of nitrogens with zero attached hydrogens (tertiary/aromatic N) is 2. The van der Waals surface area contributed by atoms with Crippen molar-refractivity contribution >= 4 is 16.9 Å². The van der Waals surface area contributed by atoms with Gasteiger partial charge in [-0.15, -0.1) is 0 Å². The minimum Gasteiger partial charge on any atom is -0.497 e. The number of amides is 1. The molecule has 0 bridgehead atoms. The summed E-state index contributed by atoms with van der Waals surface area (Å²) < 4.78 is 12.9. The van der Waals surface area contributed by atoms with E-state index in [0.717, 1.165) is 40.5 Å². The van der Waals surface area contributed by atoms with Gasteiger partial charge in [0.2, 0.25) is 0 Å². The Morgan fingerprint density at radius 3 is 2.65 bits per heavy atom. The molecule has 26 heavy (non-hydrogen) atoms. The van der Waals surface area contributed by atoms with Crippen molar-refractivity contribution in [2.24, 2.45) is 0 Å². The van der Waals surface area contributed by atoms with Crippen molar-refractivity contribution in [2.75, 3.05) is 20.8 Å². The first-order valence-electron chi connectivity index (χ1n) is 8.58. The van der Waals surface area contributed by atoms with Crippen molar-refractivity contribution in [2.45, 2.75) is 20.3 Å². The normalized spacial score (nSPS) is 10.8. The number of fused-ring (bicyclic) bond motifs is 1. The molecule has 3 aromatic rings. The van der Waals surface area contributed by atoms with Crippen molar-refractivity contribution < 1.29 is 14.3 Å². The van der Waals surface area contributed by atoms with Crippen molar-refractivity contribution in [1.82, 2.24) is 14.9 Å². The van der Waals surface area contributed by atoms with E-state index in [9.17, 15) is 4.79 Å². The fourth-order valence-corrected chi connectivity index (χ4v) is 2.96. The highest BCUT2D eigenvalue weighted by atomic mass is 16.5. The Bertz CT molecular complexity index is 947. The number of hydrogen-bond acceptors (Lipinski definition) is 4. The third kappa shape index (κ3) is 3.22. The second kappa shape index (κ2) is 7.47. The molecule has 1 aromatic heterocycles. The van der Waals surface area contributed by atoms with Crippen molar-refractivity contribution in [3.63, 3.8) is 0 Å². The van der Waals surface area contributed by atoms with Gasteiger partial charge in [-0.2, -0.15) is 0 Å². The Morgan fingerprint density at radius 2 is 1.96 bits per heavy atom. The largest absolute Gasteiger partial charge is 0.497 e. The van der Waals surface area contributed by atoms with Crippen molar-refractivity contribution in [3.05, 3.63) is 47.8 Å². The molecular weight excluding hydrogens is 330 g/mol. The zero-order valence-electron chi connectivity index (χ0n) is 15.5. The van der Waals surface area contributed by atoms with Crippen LogP contribution in [-0.2, 0) is 0 Å². The molecule has 6 heteroatoms. The molecule has 0 radical (unpaired) electrons. The van der Waals surface area contributed by atoms with Gasteiger partial charge in [0.1, 0.15) is 17.3 Å². The van der Waals surface area contributed by atoms with E-state index in [1.54, 1.807) is 14.2 Å². The van der Waals surface area contributed by atoms with Crippen LogP contribution in [0.2, 0.25) is 0 Å². The predicted molar refractivity (Wildman–Crippen MR) is 102 cm³/mol. The topological polar surface area (TPSA) is 65.4 Å². The fraction of sp³-hybridized carbons (Fsp3) is 0.300. The molecule has 136 valence electrons. The van der Waals surface area contributed by atoms with Gasteiger partial charge >= 0.3 is 0 Å². The number of rotatable bonds is 6. The average molecular weight is 353 g/mol. The standard InChI is InChI=1S/C20H23N3O3/c1-5-10-21-20(24)14-6-8-17-16(11-14)22-13(2)23(17)18-12-15(25-3)7-9-19(18)26-4/h6-9,11-12H,5,10H2,1-4H3,(H,21,24). The molecule has 0 saturated heterocycles. The fourth-order valence-electron chi connectivity index (χ4n) is 2.96. The zero-order chi connectivity index (χ0) is 18.7. The van der Waals surface area contributed by atoms with E-state index >= 15 is 0 Å². The number of ether oxygens (including phenoxy) is 2. The zero-order valence-corrected chi connectivity index (χ0v) is 15.5. The second-order valence-electron chi connectivity index (χ2n) is 5.99. The van der Waals surface area contributed by atoms with Crippen LogP contribution in [0.3, 0.4) is 0 Å². The smallest absolute Gasteiger partial charge is 0.251 e. The van der Waals surface area contributed by atoms with E-state index in [0.29, 0.717) is 12.1 Å². The summed E-state index contributed by atoms with van der Waals surface area (Å²) in [6.45, 7) is 4.61. The first kappa shape index (κ1) is 17.8. The summed E-state index contributed by atoms with van der Waals surface area (Å²) >= 11 is 0. The Kier molecular flexibility index (Phi) is 5.11. The highest BCUT2D eigenvalue weighted by Gasteiger charge is 2.16. The molecule has 3 rings (SSSR count). The van der Waals surface area contributed by atoms with Crippen LogP contribution in [0.4, 0.5) is 0 Å². The molecule has 0 atom stereocenters. The molecule has 0 aliphatic rings. The summed E-state index contributed by atoms with van der Waals surface area (Å²) in [6, 6.07) is 11.2. The highest BCUT2D eigenvalue weighted by molar-refractivity contribution is 5.97. The Balaban J connectivity index is 2.11. The van der Waals surface area contributed by atoms with E-state index in [2.05, 4.69) is 10.3 Å². The molecule has 0 spiro atoms.